The Balaban J connectivity index is 1.70. The smallest absolute Gasteiger partial charge is 0.248 e. The second kappa shape index (κ2) is 9.27. The molecule has 126 valence electrons. The number of carbonyl (C=O) groups is 2. The van der Waals surface area contributed by atoms with Gasteiger partial charge in [-0.05, 0) is 25.0 Å². The molecular weight excluding hydrogens is 296 g/mol. The van der Waals surface area contributed by atoms with Crippen molar-refractivity contribution in [2.75, 3.05) is 45.3 Å². The van der Waals surface area contributed by atoms with Crippen molar-refractivity contribution in [3.63, 3.8) is 0 Å². The average molecular weight is 320 g/mol. The van der Waals surface area contributed by atoms with Gasteiger partial charge in [0.1, 0.15) is 6.61 Å². The van der Waals surface area contributed by atoms with Gasteiger partial charge in [-0.25, -0.2) is 0 Å². The topological polar surface area (TPSA) is 67.9 Å². The Morgan fingerprint density at radius 1 is 1.17 bits per heavy atom. The molecule has 1 N–H and O–H groups in total. The minimum atomic E-state index is -0.0475. The van der Waals surface area contributed by atoms with Crippen molar-refractivity contribution >= 4 is 17.5 Å². The van der Waals surface area contributed by atoms with E-state index in [1.165, 1.54) is 0 Å². The molecule has 1 fully saturated rings. The van der Waals surface area contributed by atoms with Crippen molar-refractivity contribution in [2.24, 2.45) is 5.92 Å². The van der Waals surface area contributed by atoms with E-state index in [-0.39, 0.29) is 24.3 Å². The first-order chi connectivity index (χ1) is 11.2. The Morgan fingerprint density at radius 3 is 2.52 bits per heavy atom. The van der Waals surface area contributed by atoms with Gasteiger partial charge in [-0.2, -0.15) is 0 Å². The van der Waals surface area contributed by atoms with E-state index in [1.807, 2.05) is 30.3 Å². The average Bonchev–Trinajstić information content (AvgIpc) is 2.59. The zero-order chi connectivity index (χ0) is 16.5. The van der Waals surface area contributed by atoms with Crippen LogP contribution in [0, 0.1) is 5.92 Å². The summed E-state index contributed by atoms with van der Waals surface area (Å²) < 4.78 is 10.1. The van der Waals surface area contributed by atoms with Crippen LogP contribution in [-0.2, 0) is 19.1 Å². The van der Waals surface area contributed by atoms with Gasteiger partial charge in [-0.15, -0.1) is 0 Å². The van der Waals surface area contributed by atoms with Gasteiger partial charge in [0.25, 0.3) is 0 Å². The van der Waals surface area contributed by atoms with Gasteiger partial charge in [0.2, 0.25) is 11.8 Å². The first-order valence-electron chi connectivity index (χ1n) is 7.91. The standard InChI is InChI=1S/C17H24N2O4/c1-22-11-12-23-13-16(20)19-9-7-14(8-10-19)17(21)18-15-5-3-2-4-6-15/h2-6,14H,7-13H2,1H3,(H,18,21). The quantitative estimate of drug-likeness (QED) is 0.774. The number of methoxy groups -OCH3 is 1. The molecule has 1 heterocycles. The van der Waals surface area contributed by atoms with Crippen molar-refractivity contribution < 1.29 is 19.1 Å². The number of anilines is 1. The highest BCUT2D eigenvalue weighted by molar-refractivity contribution is 5.92. The van der Waals surface area contributed by atoms with Crippen LogP contribution in [-0.4, -0.2) is 56.7 Å². The van der Waals surface area contributed by atoms with Crippen molar-refractivity contribution in [2.45, 2.75) is 12.8 Å². The highest BCUT2D eigenvalue weighted by atomic mass is 16.5. The van der Waals surface area contributed by atoms with Crippen LogP contribution >= 0.6 is 0 Å². The van der Waals surface area contributed by atoms with Crippen LogP contribution < -0.4 is 5.32 Å². The number of piperidine rings is 1. The van der Waals surface area contributed by atoms with Crippen molar-refractivity contribution in [3.05, 3.63) is 30.3 Å². The van der Waals surface area contributed by atoms with Crippen molar-refractivity contribution in [1.29, 1.82) is 0 Å². The maximum absolute atomic E-state index is 12.2. The molecule has 2 rings (SSSR count). The van der Waals surface area contributed by atoms with Gasteiger partial charge in [0, 0.05) is 31.8 Å². The fourth-order valence-electron chi connectivity index (χ4n) is 2.55. The molecular formula is C17H24N2O4. The lowest BCUT2D eigenvalue weighted by molar-refractivity contribution is -0.139. The minimum Gasteiger partial charge on any atom is -0.382 e. The molecule has 2 amide bonds. The fraction of sp³-hybridized carbons (Fsp3) is 0.529. The monoisotopic (exact) mass is 320 g/mol. The maximum atomic E-state index is 12.2. The maximum Gasteiger partial charge on any atom is 0.248 e. The van der Waals surface area contributed by atoms with Crippen LogP contribution in [0.1, 0.15) is 12.8 Å². The molecule has 0 aromatic heterocycles. The molecule has 0 unspecified atom stereocenters. The summed E-state index contributed by atoms with van der Waals surface area (Å²) in [5.41, 5.74) is 0.808. The number of para-hydroxylation sites is 1. The number of amides is 2. The third-order valence-electron chi connectivity index (χ3n) is 3.92. The number of carbonyl (C=O) groups excluding carboxylic acids is 2. The van der Waals surface area contributed by atoms with E-state index < -0.39 is 0 Å². The fourth-order valence-corrected chi connectivity index (χ4v) is 2.55. The van der Waals surface area contributed by atoms with Gasteiger partial charge in [0.05, 0.1) is 13.2 Å². The summed E-state index contributed by atoms with van der Waals surface area (Å²) >= 11 is 0. The largest absolute Gasteiger partial charge is 0.382 e. The SMILES string of the molecule is COCCOCC(=O)N1CCC(C(=O)Nc2ccccc2)CC1. The van der Waals surface area contributed by atoms with E-state index in [2.05, 4.69) is 5.32 Å². The molecule has 0 spiro atoms. The van der Waals surface area contributed by atoms with Gasteiger partial charge >= 0.3 is 0 Å². The lowest BCUT2D eigenvalue weighted by atomic mass is 9.95. The molecule has 0 saturated carbocycles. The van der Waals surface area contributed by atoms with Gasteiger partial charge in [-0.3, -0.25) is 9.59 Å². The number of nitrogens with zero attached hydrogens (tertiary/aromatic N) is 1. The molecule has 1 aromatic carbocycles. The first-order valence-corrected chi connectivity index (χ1v) is 7.91. The summed E-state index contributed by atoms with van der Waals surface area (Å²) in [4.78, 5) is 26.0. The first kappa shape index (κ1) is 17.4. The predicted molar refractivity (Wildman–Crippen MR) is 87.1 cm³/mol. The third kappa shape index (κ3) is 5.65. The number of nitrogens with one attached hydrogen (secondary N) is 1. The summed E-state index contributed by atoms with van der Waals surface area (Å²) in [6, 6.07) is 9.43. The van der Waals surface area contributed by atoms with E-state index in [1.54, 1.807) is 12.0 Å². The summed E-state index contributed by atoms with van der Waals surface area (Å²) in [6.07, 6.45) is 1.37. The molecule has 1 saturated heterocycles. The number of hydrogen-bond donors (Lipinski definition) is 1. The second-order valence-electron chi connectivity index (χ2n) is 5.56. The lowest BCUT2D eigenvalue weighted by Gasteiger charge is -2.31. The Kier molecular flexibility index (Phi) is 7.03. The third-order valence-corrected chi connectivity index (χ3v) is 3.92. The van der Waals surface area contributed by atoms with E-state index in [0.717, 1.165) is 5.69 Å². The van der Waals surface area contributed by atoms with Crippen LogP contribution in [0.2, 0.25) is 0 Å². The Labute approximate surface area is 136 Å². The highest BCUT2D eigenvalue weighted by Gasteiger charge is 2.27. The predicted octanol–water partition coefficient (Wildman–Crippen LogP) is 1.53. The molecule has 0 atom stereocenters. The number of likely N-dealkylation sites (tertiary alicyclic amines) is 1. The minimum absolute atomic E-state index is 0.0250. The summed E-state index contributed by atoms with van der Waals surface area (Å²) in [5.74, 6) is -0.0451. The molecule has 0 radical (unpaired) electrons. The van der Waals surface area contributed by atoms with E-state index in [4.69, 9.17) is 9.47 Å². The van der Waals surface area contributed by atoms with Crippen molar-refractivity contribution in [1.82, 2.24) is 4.90 Å². The van der Waals surface area contributed by atoms with Gasteiger partial charge in [0.15, 0.2) is 0 Å². The van der Waals surface area contributed by atoms with E-state index in [9.17, 15) is 9.59 Å². The molecule has 1 aliphatic heterocycles. The van der Waals surface area contributed by atoms with Crippen LogP contribution in [0.3, 0.4) is 0 Å². The number of rotatable bonds is 7. The van der Waals surface area contributed by atoms with Crippen LogP contribution in [0.25, 0.3) is 0 Å². The van der Waals surface area contributed by atoms with Gasteiger partial charge in [-0.1, -0.05) is 18.2 Å². The molecule has 0 aliphatic carbocycles. The second-order valence-corrected chi connectivity index (χ2v) is 5.56. The molecule has 1 aliphatic rings. The van der Waals surface area contributed by atoms with Crippen LogP contribution in [0.5, 0.6) is 0 Å². The molecule has 23 heavy (non-hydrogen) atoms. The molecule has 0 bridgehead atoms. The zero-order valence-electron chi connectivity index (χ0n) is 13.5. The summed E-state index contributed by atoms with van der Waals surface area (Å²) in [7, 11) is 1.59. The molecule has 6 nitrogen and oxygen atoms in total. The number of benzene rings is 1. The molecule has 1 aromatic rings. The van der Waals surface area contributed by atoms with E-state index in [0.29, 0.717) is 39.1 Å². The van der Waals surface area contributed by atoms with Crippen LogP contribution in [0.4, 0.5) is 5.69 Å². The number of ether oxygens (including phenoxy) is 2. The Morgan fingerprint density at radius 2 is 1.87 bits per heavy atom. The van der Waals surface area contributed by atoms with Crippen molar-refractivity contribution in [3.8, 4) is 0 Å². The highest BCUT2D eigenvalue weighted by Crippen LogP contribution is 2.19. The lowest BCUT2D eigenvalue weighted by Crippen LogP contribution is -2.43. The zero-order valence-corrected chi connectivity index (χ0v) is 13.5. The van der Waals surface area contributed by atoms with Gasteiger partial charge < -0.3 is 19.7 Å². The Bertz CT molecular complexity index is 499. The Hall–Kier alpha value is -1.92. The number of hydrogen-bond acceptors (Lipinski definition) is 4. The normalized spacial score (nSPS) is 15.4. The molecule has 6 heteroatoms. The summed E-state index contributed by atoms with van der Waals surface area (Å²) in [5, 5.41) is 2.92. The van der Waals surface area contributed by atoms with Crippen LogP contribution in [0.15, 0.2) is 30.3 Å². The summed E-state index contributed by atoms with van der Waals surface area (Å²) in [6.45, 7) is 2.16. The van der Waals surface area contributed by atoms with E-state index >= 15 is 0 Å².